The molecule has 1 aliphatic heterocycles. The van der Waals surface area contributed by atoms with Gasteiger partial charge in [0.05, 0.1) is 17.1 Å². The van der Waals surface area contributed by atoms with Crippen LogP contribution >= 0.6 is 23.2 Å². The van der Waals surface area contributed by atoms with Gasteiger partial charge in [0.2, 0.25) is 0 Å². The van der Waals surface area contributed by atoms with Crippen molar-refractivity contribution in [2.45, 2.75) is 44.3 Å². The molecule has 4 rings (SSSR count). The minimum atomic E-state index is -4.40. The lowest BCUT2D eigenvalue weighted by Gasteiger charge is -2.43. The molecule has 5 nitrogen and oxygen atoms in total. The molecule has 1 aliphatic carbocycles. The second-order valence-electron chi connectivity index (χ2n) is 8.17. The fourth-order valence-electron chi connectivity index (χ4n) is 4.25. The van der Waals surface area contributed by atoms with Crippen molar-refractivity contribution in [2.24, 2.45) is 11.1 Å². The van der Waals surface area contributed by atoms with Crippen molar-refractivity contribution in [1.82, 2.24) is 14.4 Å². The van der Waals surface area contributed by atoms with E-state index in [0.29, 0.717) is 48.2 Å². The monoisotopic (exact) mass is 459 g/mol. The molecule has 1 saturated heterocycles. The number of piperidine rings is 1. The Bertz CT molecular complexity index is 1010. The third-order valence-corrected chi connectivity index (χ3v) is 7.15. The van der Waals surface area contributed by atoms with E-state index in [1.54, 1.807) is 25.4 Å². The van der Waals surface area contributed by atoms with Crippen LogP contribution in [0.5, 0.6) is 0 Å². The van der Waals surface area contributed by atoms with Gasteiger partial charge in [-0.3, -0.25) is 4.40 Å². The number of aromatic nitrogens is 3. The van der Waals surface area contributed by atoms with Crippen LogP contribution in [0.2, 0.25) is 0 Å². The van der Waals surface area contributed by atoms with Crippen molar-refractivity contribution in [1.29, 1.82) is 0 Å². The van der Waals surface area contributed by atoms with Crippen LogP contribution in [0.3, 0.4) is 0 Å². The quantitative estimate of drug-likeness (QED) is 0.704. The Labute approximate surface area is 182 Å². The highest BCUT2D eigenvalue weighted by Gasteiger charge is 2.49. The molecule has 0 spiro atoms. The summed E-state index contributed by atoms with van der Waals surface area (Å²) in [6.45, 7) is 2.49. The van der Waals surface area contributed by atoms with E-state index in [1.807, 2.05) is 21.6 Å². The molecule has 1 unspecified atom stereocenters. The van der Waals surface area contributed by atoms with Crippen LogP contribution in [0.1, 0.15) is 37.9 Å². The zero-order valence-corrected chi connectivity index (χ0v) is 17.8. The highest BCUT2D eigenvalue weighted by molar-refractivity contribution is 6.40. The van der Waals surface area contributed by atoms with Crippen LogP contribution in [0.15, 0.2) is 40.8 Å². The molecule has 0 saturated carbocycles. The number of halogens is 5. The van der Waals surface area contributed by atoms with Gasteiger partial charge in [-0.05, 0) is 30.8 Å². The van der Waals surface area contributed by atoms with E-state index in [1.165, 1.54) is 0 Å². The molecular formula is C20H22Cl2F3N5. The lowest BCUT2D eigenvalue weighted by Crippen LogP contribution is -2.54. The number of fused-ring (bicyclic) bond motifs is 1. The third-order valence-electron chi connectivity index (χ3n) is 6.26. The van der Waals surface area contributed by atoms with E-state index in [9.17, 15) is 13.2 Å². The number of alkyl halides is 3. The first-order chi connectivity index (χ1) is 14.1. The van der Waals surface area contributed by atoms with Crippen molar-refractivity contribution < 1.29 is 13.2 Å². The normalized spacial score (nSPS) is 23.3. The minimum absolute atomic E-state index is 0.156. The molecular weight excluding hydrogens is 438 g/mol. The molecule has 10 heteroatoms. The van der Waals surface area contributed by atoms with E-state index < -0.39 is 17.6 Å². The number of hydrogen-bond donors (Lipinski definition) is 1. The summed E-state index contributed by atoms with van der Waals surface area (Å²) >= 11 is 12.6. The fourth-order valence-corrected chi connectivity index (χ4v) is 4.72. The molecule has 0 radical (unpaired) electrons. The van der Waals surface area contributed by atoms with Crippen molar-refractivity contribution in [3.8, 4) is 0 Å². The number of nitrogens with zero attached hydrogens (tertiary/aromatic N) is 4. The van der Waals surface area contributed by atoms with Crippen LogP contribution in [0.4, 0.5) is 19.0 Å². The molecule has 2 aliphatic rings. The maximum atomic E-state index is 13.2. The molecule has 30 heavy (non-hydrogen) atoms. The molecule has 3 heterocycles. The van der Waals surface area contributed by atoms with Crippen molar-refractivity contribution >= 4 is 34.5 Å². The van der Waals surface area contributed by atoms with Gasteiger partial charge < -0.3 is 10.6 Å². The zero-order valence-electron chi connectivity index (χ0n) is 16.3. The standard InChI is InChI=1S/C20H22Cl2F3N5/c1-19(18(26)20(23,24)25)5-8-29(9-6-19)17-14-11-28-16(30(14)10-7-27-17)12-3-2-4-13(21)15(12)22/h2,4,7,10-12,18H,3,5-6,8-9,26H2,1H3/t12?,18-/m1/s1. The number of rotatable bonds is 3. The van der Waals surface area contributed by atoms with Crippen molar-refractivity contribution in [3.63, 3.8) is 0 Å². The number of anilines is 1. The average Bonchev–Trinajstić information content (AvgIpc) is 3.13. The number of allylic oxidation sites excluding steroid dienone is 4. The smallest absolute Gasteiger partial charge is 0.355 e. The lowest BCUT2D eigenvalue weighted by atomic mass is 9.74. The summed E-state index contributed by atoms with van der Waals surface area (Å²) in [5.41, 5.74) is 5.33. The molecule has 1 fully saturated rings. The van der Waals surface area contributed by atoms with Crippen LogP contribution in [0.25, 0.3) is 5.52 Å². The first-order valence-electron chi connectivity index (χ1n) is 9.73. The van der Waals surface area contributed by atoms with Gasteiger partial charge in [-0.2, -0.15) is 13.2 Å². The van der Waals surface area contributed by atoms with Crippen molar-refractivity contribution in [2.75, 3.05) is 18.0 Å². The topological polar surface area (TPSA) is 59.5 Å². The summed E-state index contributed by atoms with van der Waals surface area (Å²) in [5, 5.41) is 1.04. The summed E-state index contributed by atoms with van der Waals surface area (Å²) in [7, 11) is 0. The largest absolute Gasteiger partial charge is 0.404 e. The average molecular weight is 460 g/mol. The molecule has 2 atom stereocenters. The highest BCUT2D eigenvalue weighted by atomic mass is 35.5. The highest BCUT2D eigenvalue weighted by Crippen LogP contribution is 2.42. The molecule has 0 amide bonds. The summed E-state index contributed by atoms with van der Waals surface area (Å²) in [4.78, 5) is 11.1. The summed E-state index contributed by atoms with van der Waals surface area (Å²) < 4.78 is 41.4. The van der Waals surface area contributed by atoms with Gasteiger partial charge in [0.1, 0.15) is 17.4 Å². The molecule has 162 valence electrons. The molecule has 0 bridgehead atoms. The van der Waals surface area contributed by atoms with E-state index in [4.69, 9.17) is 28.9 Å². The van der Waals surface area contributed by atoms with Crippen LogP contribution < -0.4 is 10.6 Å². The Morgan fingerprint density at radius 3 is 2.60 bits per heavy atom. The second-order valence-corrected chi connectivity index (χ2v) is 8.98. The first kappa shape index (κ1) is 21.5. The summed E-state index contributed by atoms with van der Waals surface area (Å²) in [6.07, 6.45) is 5.87. The molecule has 2 aromatic rings. The zero-order chi connectivity index (χ0) is 21.7. The van der Waals surface area contributed by atoms with Crippen LogP contribution in [0, 0.1) is 5.41 Å². The van der Waals surface area contributed by atoms with E-state index in [-0.39, 0.29) is 5.92 Å². The van der Waals surface area contributed by atoms with Crippen LogP contribution in [-0.4, -0.2) is 39.7 Å². The minimum Gasteiger partial charge on any atom is -0.355 e. The van der Waals surface area contributed by atoms with Gasteiger partial charge in [0.25, 0.3) is 0 Å². The maximum absolute atomic E-state index is 13.2. The maximum Gasteiger partial charge on any atom is 0.404 e. The fraction of sp³-hybridized carbons (Fsp3) is 0.500. The predicted octanol–water partition coefficient (Wildman–Crippen LogP) is 4.96. The van der Waals surface area contributed by atoms with Gasteiger partial charge in [-0.15, -0.1) is 0 Å². The number of imidazole rings is 1. The summed E-state index contributed by atoms with van der Waals surface area (Å²) in [6, 6.07) is -1.84. The molecule has 0 aromatic carbocycles. The van der Waals surface area contributed by atoms with Crippen LogP contribution in [-0.2, 0) is 0 Å². The second kappa shape index (κ2) is 7.73. The van der Waals surface area contributed by atoms with Gasteiger partial charge in [0.15, 0.2) is 5.82 Å². The Morgan fingerprint density at radius 1 is 1.23 bits per heavy atom. The molecule has 2 aromatic heterocycles. The van der Waals surface area contributed by atoms with Gasteiger partial charge in [0, 0.05) is 30.5 Å². The van der Waals surface area contributed by atoms with Crippen molar-refractivity contribution in [3.05, 3.63) is 46.6 Å². The van der Waals surface area contributed by atoms with E-state index >= 15 is 0 Å². The number of nitrogens with two attached hydrogens (primary N) is 1. The third kappa shape index (κ3) is 3.69. The molecule has 2 N–H and O–H groups in total. The lowest BCUT2D eigenvalue weighted by molar-refractivity contribution is -0.175. The van der Waals surface area contributed by atoms with Gasteiger partial charge in [-0.1, -0.05) is 36.2 Å². The van der Waals surface area contributed by atoms with Gasteiger partial charge >= 0.3 is 6.18 Å². The number of hydrogen-bond acceptors (Lipinski definition) is 4. The van der Waals surface area contributed by atoms with E-state index in [2.05, 4.69) is 9.97 Å². The van der Waals surface area contributed by atoms with Gasteiger partial charge in [-0.25, -0.2) is 9.97 Å². The SMILES string of the molecule is CC1([C@@H](N)C(F)(F)F)CCN(c2nccn3c(C4CC=CC(Cl)=C4Cl)ncc23)CC1. The first-order valence-corrected chi connectivity index (χ1v) is 10.5. The Kier molecular flexibility index (Phi) is 5.53. The summed E-state index contributed by atoms with van der Waals surface area (Å²) in [5.74, 6) is 1.29. The Balaban J connectivity index is 1.60. The Morgan fingerprint density at radius 2 is 1.93 bits per heavy atom. The predicted molar refractivity (Wildman–Crippen MR) is 112 cm³/mol. The van der Waals surface area contributed by atoms with E-state index in [0.717, 1.165) is 11.3 Å². The Hall–Kier alpha value is -1.77.